The summed E-state index contributed by atoms with van der Waals surface area (Å²) in [7, 11) is 0. The van der Waals surface area contributed by atoms with Crippen LogP contribution in [0.4, 0.5) is 5.69 Å². The van der Waals surface area contributed by atoms with Crippen LogP contribution in [0.5, 0.6) is 11.5 Å². The number of carbonyl (C=O) groups is 1. The van der Waals surface area contributed by atoms with Crippen LogP contribution in [0.2, 0.25) is 0 Å². The fourth-order valence-corrected chi connectivity index (χ4v) is 4.10. The van der Waals surface area contributed by atoms with Crippen LogP contribution in [0.3, 0.4) is 0 Å². The van der Waals surface area contributed by atoms with E-state index in [9.17, 15) is 4.79 Å². The van der Waals surface area contributed by atoms with Gasteiger partial charge < -0.3 is 14.8 Å². The van der Waals surface area contributed by atoms with Crippen LogP contribution in [0.1, 0.15) is 6.92 Å². The van der Waals surface area contributed by atoms with Crippen LogP contribution in [0.25, 0.3) is 27.6 Å². The Bertz CT molecular complexity index is 1410. The van der Waals surface area contributed by atoms with Crippen molar-refractivity contribution in [2.24, 2.45) is 0 Å². The van der Waals surface area contributed by atoms with Crippen molar-refractivity contribution in [1.29, 1.82) is 0 Å². The standard InChI is InChI=1S/C25H21N5O3S/c1-2-32-19-8-10-20(11-9-19)33-16-24(31)26-18-6-3-5-17(15-18)21-12-13-23-27-28-25(30(23)29-21)22-7-4-14-34-22/h3-15H,2,16H2,1H3,(H,26,31). The van der Waals surface area contributed by atoms with Gasteiger partial charge in [-0.15, -0.1) is 21.5 Å². The van der Waals surface area contributed by atoms with Crippen LogP contribution in [0.15, 0.2) is 78.2 Å². The zero-order valence-corrected chi connectivity index (χ0v) is 19.2. The Hall–Kier alpha value is -4.24. The fraction of sp³-hybridized carbons (Fsp3) is 0.120. The third-order valence-corrected chi connectivity index (χ3v) is 5.82. The average molecular weight is 472 g/mol. The maximum absolute atomic E-state index is 12.4. The van der Waals surface area contributed by atoms with Gasteiger partial charge in [0, 0.05) is 11.3 Å². The largest absolute Gasteiger partial charge is 0.494 e. The molecular weight excluding hydrogens is 450 g/mol. The van der Waals surface area contributed by atoms with Gasteiger partial charge in [0.2, 0.25) is 0 Å². The maximum Gasteiger partial charge on any atom is 0.262 e. The minimum absolute atomic E-state index is 0.104. The topological polar surface area (TPSA) is 90.6 Å². The number of hydrogen-bond acceptors (Lipinski definition) is 7. The lowest BCUT2D eigenvalue weighted by molar-refractivity contribution is -0.118. The number of thiophene rings is 1. The quantitative estimate of drug-likeness (QED) is 0.345. The predicted molar refractivity (Wildman–Crippen MR) is 131 cm³/mol. The number of nitrogens with zero attached hydrogens (tertiary/aromatic N) is 4. The lowest BCUT2D eigenvalue weighted by Crippen LogP contribution is -2.20. The first-order valence-corrected chi connectivity index (χ1v) is 11.6. The molecule has 1 amide bonds. The van der Waals surface area contributed by atoms with Crippen LogP contribution >= 0.6 is 11.3 Å². The molecule has 5 rings (SSSR count). The summed E-state index contributed by atoms with van der Waals surface area (Å²) in [6.07, 6.45) is 0. The predicted octanol–water partition coefficient (Wildman–Crippen LogP) is 4.94. The second kappa shape index (κ2) is 9.72. The van der Waals surface area contributed by atoms with Crippen LogP contribution in [0, 0.1) is 0 Å². The number of rotatable bonds is 8. The number of aromatic nitrogens is 4. The normalized spacial score (nSPS) is 10.9. The molecule has 3 heterocycles. The number of benzene rings is 2. The molecule has 0 saturated carbocycles. The fourth-order valence-electron chi connectivity index (χ4n) is 3.40. The molecule has 34 heavy (non-hydrogen) atoms. The summed E-state index contributed by atoms with van der Waals surface area (Å²) >= 11 is 1.58. The number of amides is 1. The van der Waals surface area contributed by atoms with Crippen molar-refractivity contribution in [3.8, 4) is 33.5 Å². The minimum atomic E-state index is -0.256. The molecule has 0 aliphatic rings. The third-order valence-electron chi connectivity index (χ3n) is 4.95. The number of carbonyl (C=O) groups excluding carboxylic acids is 1. The molecule has 170 valence electrons. The summed E-state index contributed by atoms with van der Waals surface area (Å²) in [6, 6.07) is 22.4. The van der Waals surface area contributed by atoms with Crippen molar-refractivity contribution in [3.63, 3.8) is 0 Å². The Kier molecular flexibility index (Phi) is 6.17. The molecule has 0 aliphatic carbocycles. The molecule has 0 radical (unpaired) electrons. The Morgan fingerprint density at radius 3 is 2.56 bits per heavy atom. The lowest BCUT2D eigenvalue weighted by atomic mass is 10.1. The molecule has 9 heteroatoms. The van der Waals surface area contributed by atoms with Crippen molar-refractivity contribution in [2.45, 2.75) is 6.92 Å². The van der Waals surface area contributed by atoms with Crippen LogP contribution in [-0.4, -0.2) is 38.9 Å². The summed E-state index contributed by atoms with van der Waals surface area (Å²) < 4.78 is 12.7. The molecule has 0 saturated heterocycles. The van der Waals surface area contributed by atoms with Gasteiger partial charge in [0.25, 0.3) is 5.91 Å². The van der Waals surface area contributed by atoms with Crippen molar-refractivity contribution < 1.29 is 14.3 Å². The van der Waals surface area contributed by atoms with Gasteiger partial charge >= 0.3 is 0 Å². The van der Waals surface area contributed by atoms with Crippen molar-refractivity contribution in [1.82, 2.24) is 19.8 Å². The Morgan fingerprint density at radius 2 is 1.79 bits per heavy atom. The van der Waals surface area contributed by atoms with Crippen molar-refractivity contribution in [2.75, 3.05) is 18.5 Å². The summed E-state index contributed by atoms with van der Waals surface area (Å²) in [5.74, 6) is 1.80. The van der Waals surface area contributed by atoms with E-state index < -0.39 is 0 Å². The zero-order chi connectivity index (χ0) is 23.3. The van der Waals surface area contributed by atoms with Gasteiger partial charge in [-0.2, -0.15) is 9.61 Å². The van der Waals surface area contributed by atoms with E-state index in [0.717, 1.165) is 21.9 Å². The van der Waals surface area contributed by atoms with Gasteiger partial charge in [0.15, 0.2) is 18.1 Å². The third kappa shape index (κ3) is 4.74. The molecule has 0 fully saturated rings. The second-order valence-electron chi connectivity index (χ2n) is 7.31. The highest BCUT2D eigenvalue weighted by atomic mass is 32.1. The zero-order valence-electron chi connectivity index (χ0n) is 18.3. The number of hydrogen-bond donors (Lipinski definition) is 1. The van der Waals surface area contributed by atoms with E-state index in [4.69, 9.17) is 14.6 Å². The van der Waals surface area contributed by atoms with E-state index in [1.165, 1.54) is 0 Å². The molecule has 0 atom stereocenters. The number of nitrogens with one attached hydrogen (secondary N) is 1. The molecule has 2 aromatic carbocycles. The number of fused-ring (bicyclic) bond motifs is 1. The Morgan fingerprint density at radius 1 is 0.971 bits per heavy atom. The number of anilines is 1. The smallest absolute Gasteiger partial charge is 0.262 e. The van der Waals surface area contributed by atoms with E-state index in [2.05, 4.69) is 15.5 Å². The van der Waals surface area contributed by atoms with E-state index in [1.807, 2.05) is 73.0 Å². The highest BCUT2D eigenvalue weighted by molar-refractivity contribution is 7.13. The van der Waals surface area contributed by atoms with Gasteiger partial charge in [-0.25, -0.2) is 0 Å². The lowest BCUT2D eigenvalue weighted by Gasteiger charge is -2.10. The monoisotopic (exact) mass is 471 g/mol. The van der Waals surface area contributed by atoms with E-state index in [0.29, 0.717) is 29.5 Å². The number of ether oxygens (including phenoxy) is 2. The highest BCUT2D eigenvalue weighted by Crippen LogP contribution is 2.25. The van der Waals surface area contributed by atoms with Crippen molar-refractivity contribution in [3.05, 3.63) is 78.2 Å². The minimum Gasteiger partial charge on any atom is -0.494 e. The molecule has 1 N–H and O–H groups in total. The van der Waals surface area contributed by atoms with Gasteiger partial charge in [-0.3, -0.25) is 4.79 Å². The molecule has 0 aliphatic heterocycles. The first kappa shape index (κ1) is 21.6. The molecule has 0 unspecified atom stereocenters. The van der Waals surface area contributed by atoms with Gasteiger partial charge in [0.1, 0.15) is 11.5 Å². The van der Waals surface area contributed by atoms with Crippen molar-refractivity contribution >= 4 is 28.6 Å². The second-order valence-corrected chi connectivity index (χ2v) is 8.26. The molecular formula is C25H21N5O3S. The summed E-state index contributed by atoms with van der Waals surface area (Å²) in [4.78, 5) is 13.4. The van der Waals surface area contributed by atoms with E-state index in [1.54, 1.807) is 28.0 Å². The van der Waals surface area contributed by atoms with Gasteiger partial charge in [0.05, 0.1) is 17.2 Å². The first-order valence-electron chi connectivity index (χ1n) is 10.7. The molecule has 0 spiro atoms. The molecule has 0 bridgehead atoms. The van der Waals surface area contributed by atoms with Gasteiger partial charge in [-0.1, -0.05) is 18.2 Å². The van der Waals surface area contributed by atoms with Crippen LogP contribution in [-0.2, 0) is 4.79 Å². The Balaban J connectivity index is 1.28. The first-order chi connectivity index (χ1) is 16.7. The van der Waals surface area contributed by atoms with Gasteiger partial charge in [-0.05, 0) is 66.9 Å². The summed E-state index contributed by atoms with van der Waals surface area (Å²) in [6.45, 7) is 2.42. The maximum atomic E-state index is 12.4. The average Bonchev–Trinajstić information content (AvgIpc) is 3.53. The van der Waals surface area contributed by atoms with E-state index in [-0.39, 0.29) is 12.5 Å². The molecule has 5 aromatic rings. The van der Waals surface area contributed by atoms with Crippen LogP contribution < -0.4 is 14.8 Å². The summed E-state index contributed by atoms with van der Waals surface area (Å²) in [5, 5.41) is 18.1. The summed E-state index contributed by atoms with van der Waals surface area (Å²) in [5.41, 5.74) is 2.93. The van der Waals surface area contributed by atoms with E-state index >= 15 is 0 Å². The molecule has 3 aromatic heterocycles. The SMILES string of the molecule is CCOc1ccc(OCC(=O)Nc2cccc(-c3ccc4nnc(-c5cccs5)n4n3)c2)cc1. The Labute approximate surface area is 199 Å². The highest BCUT2D eigenvalue weighted by Gasteiger charge is 2.12. The molecule has 8 nitrogen and oxygen atoms in total.